The maximum absolute atomic E-state index is 11.9. The van der Waals surface area contributed by atoms with E-state index in [2.05, 4.69) is 10.3 Å². The molecule has 2 aromatic carbocycles. The Hall–Kier alpha value is -2.50. The number of anilines is 1. The molecule has 0 unspecified atom stereocenters. The van der Waals surface area contributed by atoms with Crippen LogP contribution in [0.1, 0.15) is 12.0 Å². The Balaban J connectivity index is 1.47. The minimum absolute atomic E-state index is 0.193. The summed E-state index contributed by atoms with van der Waals surface area (Å²) in [5.74, 6) is -0.890. The van der Waals surface area contributed by atoms with Gasteiger partial charge < -0.3 is 15.0 Å². The zero-order chi connectivity index (χ0) is 18.5. The zero-order valence-corrected chi connectivity index (χ0v) is 15.2. The van der Waals surface area contributed by atoms with E-state index in [0.29, 0.717) is 22.2 Å². The van der Waals surface area contributed by atoms with Crippen LogP contribution in [0.3, 0.4) is 0 Å². The van der Waals surface area contributed by atoms with Gasteiger partial charge in [-0.15, -0.1) is 0 Å². The summed E-state index contributed by atoms with van der Waals surface area (Å²) < 4.78 is 5.02. The van der Waals surface area contributed by atoms with Gasteiger partial charge in [0.2, 0.25) is 0 Å². The third-order valence-corrected chi connectivity index (χ3v) is 4.22. The molecule has 0 bridgehead atoms. The Labute approximate surface area is 160 Å². The minimum atomic E-state index is -0.455. The van der Waals surface area contributed by atoms with Gasteiger partial charge in [-0.25, -0.2) is 0 Å². The van der Waals surface area contributed by atoms with Gasteiger partial charge in [-0.1, -0.05) is 41.4 Å². The van der Waals surface area contributed by atoms with Crippen molar-refractivity contribution in [1.82, 2.24) is 4.98 Å². The van der Waals surface area contributed by atoms with Crippen LogP contribution in [-0.4, -0.2) is 23.5 Å². The molecule has 134 valence electrons. The Morgan fingerprint density at radius 2 is 1.81 bits per heavy atom. The monoisotopic (exact) mass is 390 g/mol. The van der Waals surface area contributed by atoms with Gasteiger partial charge in [0.15, 0.2) is 6.61 Å². The Bertz CT molecular complexity index is 933. The maximum atomic E-state index is 11.9. The molecule has 0 radical (unpaired) electrons. The summed E-state index contributed by atoms with van der Waals surface area (Å²) in [4.78, 5) is 26.9. The van der Waals surface area contributed by atoms with Crippen LogP contribution in [0.15, 0.2) is 48.7 Å². The number of aromatic amines is 1. The van der Waals surface area contributed by atoms with Gasteiger partial charge in [0.05, 0.1) is 0 Å². The van der Waals surface area contributed by atoms with E-state index >= 15 is 0 Å². The fraction of sp³-hybridized carbons (Fsp3) is 0.158. The largest absolute Gasteiger partial charge is 0.456 e. The highest BCUT2D eigenvalue weighted by Crippen LogP contribution is 2.22. The molecule has 3 rings (SSSR count). The standard InChI is InChI=1S/C19H16Cl2N2O3/c20-13-7-14(21)9-15(8-13)23-18(24)11-26-19(25)6-5-12-10-22-17-4-2-1-3-16(12)17/h1-4,7-10,22H,5-6,11H2,(H,23,24). The zero-order valence-electron chi connectivity index (χ0n) is 13.7. The topological polar surface area (TPSA) is 71.2 Å². The first kappa shape index (κ1) is 18.3. The first-order valence-corrected chi connectivity index (χ1v) is 8.73. The van der Waals surface area contributed by atoms with E-state index < -0.39 is 11.9 Å². The van der Waals surface area contributed by atoms with Crippen molar-refractivity contribution in [3.63, 3.8) is 0 Å². The van der Waals surface area contributed by atoms with Gasteiger partial charge in [0.1, 0.15) is 0 Å². The lowest BCUT2D eigenvalue weighted by Gasteiger charge is -2.07. The van der Waals surface area contributed by atoms with E-state index in [-0.39, 0.29) is 13.0 Å². The summed E-state index contributed by atoms with van der Waals surface area (Å²) in [6, 6.07) is 12.5. The minimum Gasteiger partial charge on any atom is -0.456 e. The summed E-state index contributed by atoms with van der Waals surface area (Å²) in [5, 5.41) is 4.47. The SMILES string of the molecule is O=C(COC(=O)CCc1c[nH]c2ccccc12)Nc1cc(Cl)cc(Cl)c1. The van der Waals surface area contributed by atoms with Crippen LogP contribution in [0.25, 0.3) is 10.9 Å². The predicted octanol–water partition coefficient (Wildman–Crippen LogP) is 4.59. The predicted molar refractivity (Wildman–Crippen MR) is 103 cm³/mol. The van der Waals surface area contributed by atoms with E-state index in [1.807, 2.05) is 30.5 Å². The Kier molecular flexibility index (Phi) is 5.81. The quantitative estimate of drug-likeness (QED) is 0.604. The number of amides is 1. The molecule has 1 heterocycles. The Morgan fingerprint density at radius 1 is 1.08 bits per heavy atom. The fourth-order valence-corrected chi connectivity index (χ4v) is 3.14. The number of esters is 1. The maximum Gasteiger partial charge on any atom is 0.306 e. The second-order valence-corrected chi connectivity index (χ2v) is 6.60. The summed E-state index contributed by atoms with van der Waals surface area (Å²) in [5.41, 5.74) is 2.51. The summed E-state index contributed by atoms with van der Waals surface area (Å²) in [7, 11) is 0. The number of aromatic nitrogens is 1. The van der Waals surface area contributed by atoms with Gasteiger partial charge in [-0.05, 0) is 36.2 Å². The van der Waals surface area contributed by atoms with Crippen LogP contribution in [0, 0.1) is 0 Å². The van der Waals surface area contributed by atoms with Crippen LogP contribution in [-0.2, 0) is 20.7 Å². The highest BCUT2D eigenvalue weighted by atomic mass is 35.5. The number of carbonyl (C=O) groups is 2. The van der Waals surface area contributed by atoms with Crippen LogP contribution in [0.2, 0.25) is 10.0 Å². The third-order valence-electron chi connectivity index (χ3n) is 3.78. The lowest BCUT2D eigenvalue weighted by molar-refractivity contribution is -0.147. The second kappa shape index (κ2) is 8.25. The number of benzene rings is 2. The summed E-state index contributed by atoms with van der Waals surface area (Å²) >= 11 is 11.7. The molecule has 26 heavy (non-hydrogen) atoms. The highest BCUT2D eigenvalue weighted by molar-refractivity contribution is 6.35. The van der Waals surface area contributed by atoms with Crippen molar-refractivity contribution in [1.29, 1.82) is 0 Å². The first-order valence-electron chi connectivity index (χ1n) is 7.98. The molecule has 0 fully saturated rings. The van der Waals surface area contributed by atoms with Crippen molar-refractivity contribution in [3.05, 3.63) is 64.3 Å². The average molecular weight is 391 g/mol. The number of ether oxygens (including phenoxy) is 1. The van der Waals surface area contributed by atoms with Crippen molar-refractivity contribution in [2.24, 2.45) is 0 Å². The third kappa shape index (κ3) is 4.77. The van der Waals surface area contributed by atoms with Gasteiger partial charge in [0, 0.05) is 39.3 Å². The molecular weight excluding hydrogens is 375 g/mol. The number of hydrogen-bond acceptors (Lipinski definition) is 3. The van der Waals surface area contributed by atoms with E-state index in [9.17, 15) is 9.59 Å². The van der Waals surface area contributed by atoms with Crippen LogP contribution in [0.4, 0.5) is 5.69 Å². The first-order chi connectivity index (χ1) is 12.5. The smallest absolute Gasteiger partial charge is 0.306 e. The lowest BCUT2D eigenvalue weighted by Crippen LogP contribution is -2.21. The van der Waals surface area contributed by atoms with Gasteiger partial charge in [0.25, 0.3) is 5.91 Å². The normalized spacial score (nSPS) is 10.7. The number of nitrogens with one attached hydrogen (secondary N) is 2. The number of hydrogen-bond donors (Lipinski definition) is 2. The number of H-pyrrole nitrogens is 1. The summed E-state index contributed by atoms with van der Waals surface area (Å²) in [6.07, 6.45) is 2.61. The molecule has 0 saturated carbocycles. The molecule has 0 aliphatic rings. The second-order valence-electron chi connectivity index (χ2n) is 5.73. The van der Waals surface area contributed by atoms with Crippen molar-refractivity contribution in [2.45, 2.75) is 12.8 Å². The van der Waals surface area contributed by atoms with Crippen LogP contribution < -0.4 is 5.32 Å². The molecule has 0 aliphatic heterocycles. The molecule has 0 saturated heterocycles. The number of halogens is 2. The van der Waals surface area contributed by atoms with Crippen molar-refractivity contribution in [3.8, 4) is 0 Å². The number of para-hydroxylation sites is 1. The molecule has 0 spiro atoms. The number of aryl methyl sites for hydroxylation is 1. The average Bonchev–Trinajstić information content (AvgIpc) is 3.00. The fourth-order valence-electron chi connectivity index (χ4n) is 2.62. The molecule has 3 aromatic rings. The van der Waals surface area contributed by atoms with E-state index in [4.69, 9.17) is 27.9 Å². The van der Waals surface area contributed by atoms with Gasteiger partial charge in [-0.3, -0.25) is 9.59 Å². The van der Waals surface area contributed by atoms with Crippen LogP contribution >= 0.6 is 23.2 Å². The Morgan fingerprint density at radius 3 is 2.58 bits per heavy atom. The highest BCUT2D eigenvalue weighted by Gasteiger charge is 2.11. The molecule has 0 aliphatic carbocycles. The summed E-state index contributed by atoms with van der Waals surface area (Å²) in [6.45, 7) is -0.364. The molecule has 7 heteroatoms. The number of rotatable bonds is 6. The number of fused-ring (bicyclic) bond motifs is 1. The van der Waals surface area contributed by atoms with Crippen molar-refractivity contribution in [2.75, 3.05) is 11.9 Å². The molecule has 5 nitrogen and oxygen atoms in total. The lowest BCUT2D eigenvalue weighted by atomic mass is 10.1. The van der Waals surface area contributed by atoms with E-state index in [1.54, 1.807) is 18.2 Å². The van der Waals surface area contributed by atoms with Gasteiger partial charge >= 0.3 is 5.97 Å². The molecule has 1 aromatic heterocycles. The van der Waals surface area contributed by atoms with Gasteiger partial charge in [-0.2, -0.15) is 0 Å². The van der Waals surface area contributed by atoms with Crippen molar-refractivity contribution < 1.29 is 14.3 Å². The van der Waals surface area contributed by atoms with Crippen LogP contribution in [0.5, 0.6) is 0 Å². The molecular formula is C19H16Cl2N2O3. The van der Waals surface area contributed by atoms with E-state index in [0.717, 1.165) is 16.5 Å². The number of carbonyl (C=O) groups excluding carboxylic acids is 2. The van der Waals surface area contributed by atoms with Crippen molar-refractivity contribution >= 4 is 51.7 Å². The molecule has 2 N–H and O–H groups in total. The van der Waals surface area contributed by atoms with E-state index in [1.165, 1.54) is 0 Å². The molecule has 0 atom stereocenters. The molecule has 1 amide bonds.